The molecule has 14 heavy (non-hydrogen) atoms. The molecule has 0 saturated carbocycles. The maximum absolute atomic E-state index is 10.8. The smallest absolute Gasteiger partial charge is 0.337 e. The largest absolute Gasteiger partial charge is 0.478 e. The van der Waals surface area contributed by atoms with Crippen LogP contribution in [0.3, 0.4) is 0 Å². The van der Waals surface area contributed by atoms with Crippen LogP contribution in [0, 0.1) is 0 Å². The highest BCUT2D eigenvalue weighted by Gasteiger charge is 2.03. The van der Waals surface area contributed by atoms with Gasteiger partial charge in [-0.25, -0.2) is 9.78 Å². The number of nitrogens with one attached hydrogen (secondary N) is 1. The second-order valence-corrected chi connectivity index (χ2v) is 2.43. The predicted molar refractivity (Wildman–Crippen MR) is 50.0 cm³/mol. The monoisotopic (exact) mass is 192 g/mol. The summed E-state index contributed by atoms with van der Waals surface area (Å²) < 4.78 is 0. The number of hydrogen-bond acceptors (Lipinski definition) is 3. The first-order valence-electron chi connectivity index (χ1n) is 3.76. The Morgan fingerprint density at radius 1 is 1.50 bits per heavy atom. The van der Waals surface area contributed by atoms with Crippen molar-refractivity contribution in [2.75, 3.05) is 5.32 Å². The number of aromatic nitrogens is 1. The summed E-state index contributed by atoms with van der Waals surface area (Å²) >= 11 is 0. The van der Waals surface area contributed by atoms with Crippen molar-refractivity contribution in [2.45, 2.75) is 0 Å². The number of nitrogens with zero attached hydrogens (tertiary/aromatic N) is 1. The number of rotatable bonds is 3. The van der Waals surface area contributed by atoms with E-state index in [2.05, 4.69) is 16.9 Å². The summed E-state index contributed by atoms with van der Waals surface area (Å²) in [6.45, 7) is 3.27. The van der Waals surface area contributed by atoms with Gasteiger partial charge in [-0.05, 0) is 18.2 Å². The third kappa shape index (κ3) is 2.41. The highest BCUT2D eigenvalue weighted by molar-refractivity contribution is 5.98. The van der Waals surface area contributed by atoms with Crippen LogP contribution in [0.4, 0.5) is 5.82 Å². The Morgan fingerprint density at radius 2 is 2.21 bits per heavy atom. The maximum atomic E-state index is 10.8. The van der Waals surface area contributed by atoms with E-state index in [4.69, 9.17) is 5.11 Å². The van der Waals surface area contributed by atoms with Gasteiger partial charge in [0.2, 0.25) is 5.91 Å². The molecule has 5 nitrogen and oxygen atoms in total. The summed E-state index contributed by atoms with van der Waals surface area (Å²) in [4.78, 5) is 25.0. The molecule has 0 aromatic carbocycles. The van der Waals surface area contributed by atoms with E-state index in [0.29, 0.717) is 5.82 Å². The predicted octanol–water partition coefficient (Wildman–Crippen LogP) is 0.904. The quantitative estimate of drug-likeness (QED) is 0.697. The second-order valence-electron chi connectivity index (χ2n) is 2.43. The van der Waals surface area contributed by atoms with Gasteiger partial charge < -0.3 is 10.4 Å². The van der Waals surface area contributed by atoms with Crippen LogP contribution in [-0.2, 0) is 4.79 Å². The average Bonchev–Trinajstić information content (AvgIpc) is 2.18. The van der Waals surface area contributed by atoms with Gasteiger partial charge in [0.05, 0.1) is 5.56 Å². The normalized spacial score (nSPS) is 9.14. The number of pyridine rings is 1. The minimum atomic E-state index is -1.06. The van der Waals surface area contributed by atoms with Gasteiger partial charge in [0, 0.05) is 6.20 Å². The molecule has 0 atom stereocenters. The lowest BCUT2D eigenvalue weighted by atomic mass is 10.3. The number of amides is 1. The van der Waals surface area contributed by atoms with Crippen molar-refractivity contribution < 1.29 is 14.7 Å². The average molecular weight is 192 g/mol. The van der Waals surface area contributed by atoms with Crippen molar-refractivity contribution in [1.82, 2.24) is 4.98 Å². The van der Waals surface area contributed by atoms with Crippen molar-refractivity contribution in [3.8, 4) is 0 Å². The molecule has 1 heterocycles. The van der Waals surface area contributed by atoms with Crippen LogP contribution < -0.4 is 5.32 Å². The van der Waals surface area contributed by atoms with E-state index >= 15 is 0 Å². The summed E-state index contributed by atoms with van der Waals surface area (Å²) in [5, 5.41) is 11.0. The Kier molecular flexibility index (Phi) is 2.96. The zero-order valence-electron chi connectivity index (χ0n) is 7.23. The highest BCUT2D eigenvalue weighted by Crippen LogP contribution is 2.04. The fraction of sp³-hybridized carbons (Fsp3) is 0. The molecule has 1 aromatic heterocycles. The molecule has 2 N–H and O–H groups in total. The van der Waals surface area contributed by atoms with E-state index in [-0.39, 0.29) is 11.5 Å². The van der Waals surface area contributed by atoms with Gasteiger partial charge in [0.25, 0.3) is 0 Å². The van der Waals surface area contributed by atoms with Crippen molar-refractivity contribution in [3.63, 3.8) is 0 Å². The third-order valence-electron chi connectivity index (χ3n) is 1.45. The fourth-order valence-corrected chi connectivity index (χ4v) is 0.772. The molecule has 5 heteroatoms. The molecule has 1 rings (SSSR count). The summed E-state index contributed by atoms with van der Waals surface area (Å²) in [5.41, 5.74) is 0.0709. The first-order chi connectivity index (χ1) is 6.63. The standard InChI is InChI=1S/C9H8N2O3/c1-2-8(12)11-7-4-3-6(5-10-7)9(13)14/h2-5H,1H2,(H,13,14)(H,10,11,12). The lowest BCUT2D eigenvalue weighted by Crippen LogP contribution is -2.09. The number of aromatic carboxylic acids is 1. The molecule has 0 aliphatic heterocycles. The van der Waals surface area contributed by atoms with E-state index in [1.165, 1.54) is 18.3 Å². The minimum Gasteiger partial charge on any atom is -0.478 e. The van der Waals surface area contributed by atoms with Crippen molar-refractivity contribution >= 4 is 17.7 Å². The molecule has 1 aromatic rings. The van der Waals surface area contributed by atoms with E-state index < -0.39 is 5.97 Å². The molecule has 0 fully saturated rings. The Hall–Kier alpha value is -2.17. The Morgan fingerprint density at radius 3 is 2.64 bits per heavy atom. The zero-order valence-corrected chi connectivity index (χ0v) is 7.23. The van der Waals surface area contributed by atoms with Gasteiger partial charge in [-0.1, -0.05) is 6.58 Å². The molecule has 0 aliphatic carbocycles. The van der Waals surface area contributed by atoms with Crippen molar-refractivity contribution in [3.05, 3.63) is 36.5 Å². The number of hydrogen-bond donors (Lipinski definition) is 2. The molecular formula is C9H8N2O3. The Bertz CT molecular complexity index is 370. The number of carboxylic acids is 1. The van der Waals surface area contributed by atoms with Crippen LogP contribution >= 0.6 is 0 Å². The molecule has 0 unspecified atom stereocenters. The van der Waals surface area contributed by atoms with E-state index in [1.54, 1.807) is 0 Å². The minimum absolute atomic E-state index is 0.0709. The summed E-state index contributed by atoms with van der Waals surface area (Å²) in [6.07, 6.45) is 2.27. The third-order valence-corrected chi connectivity index (χ3v) is 1.45. The summed E-state index contributed by atoms with van der Waals surface area (Å²) in [5.74, 6) is -1.15. The topological polar surface area (TPSA) is 79.3 Å². The van der Waals surface area contributed by atoms with E-state index in [0.717, 1.165) is 6.08 Å². The van der Waals surface area contributed by atoms with Crippen LogP contribution in [0.1, 0.15) is 10.4 Å². The molecular weight excluding hydrogens is 184 g/mol. The van der Waals surface area contributed by atoms with Gasteiger partial charge in [0.1, 0.15) is 5.82 Å². The fourth-order valence-electron chi connectivity index (χ4n) is 0.772. The first kappa shape index (κ1) is 9.91. The van der Waals surface area contributed by atoms with Crippen LogP contribution in [-0.4, -0.2) is 22.0 Å². The second kappa shape index (κ2) is 4.18. The Balaban J connectivity index is 2.78. The van der Waals surface area contributed by atoms with Gasteiger partial charge in [0.15, 0.2) is 0 Å². The van der Waals surface area contributed by atoms with Gasteiger partial charge >= 0.3 is 5.97 Å². The van der Waals surface area contributed by atoms with Crippen molar-refractivity contribution in [2.24, 2.45) is 0 Å². The van der Waals surface area contributed by atoms with E-state index in [1.807, 2.05) is 0 Å². The molecule has 0 bridgehead atoms. The molecule has 72 valence electrons. The lowest BCUT2D eigenvalue weighted by molar-refractivity contribution is -0.111. The van der Waals surface area contributed by atoms with Crippen LogP contribution in [0.15, 0.2) is 31.0 Å². The molecule has 1 amide bonds. The number of carbonyl (C=O) groups is 2. The number of carboxylic acid groups (broad SMARTS) is 1. The lowest BCUT2D eigenvalue weighted by Gasteiger charge is -2.00. The van der Waals surface area contributed by atoms with Gasteiger partial charge in [-0.3, -0.25) is 4.79 Å². The summed E-state index contributed by atoms with van der Waals surface area (Å²) in [6, 6.07) is 2.76. The first-order valence-corrected chi connectivity index (χ1v) is 3.76. The molecule has 0 spiro atoms. The van der Waals surface area contributed by atoms with Crippen LogP contribution in [0.25, 0.3) is 0 Å². The molecule has 0 saturated heterocycles. The SMILES string of the molecule is C=CC(=O)Nc1ccc(C(=O)O)cn1. The Labute approximate surface area is 80.1 Å². The molecule has 0 aliphatic rings. The zero-order chi connectivity index (χ0) is 10.6. The summed E-state index contributed by atoms with van der Waals surface area (Å²) in [7, 11) is 0. The number of carbonyl (C=O) groups excluding carboxylic acids is 1. The van der Waals surface area contributed by atoms with Crippen LogP contribution in [0.2, 0.25) is 0 Å². The maximum Gasteiger partial charge on any atom is 0.337 e. The van der Waals surface area contributed by atoms with Crippen molar-refractivity contribution in [1.29, 1.82) is 0 Å². The molecule has 0 radical (unpaired) electrons. The van der Waals surface area contributed by atoms with Crippen LogP contribution in [0.5, 0.6) is 0 Å². The number of anilines is 1. The van der Waals surface area contributed by atoms with E-state index in [9.17, 15) is 9.59 Å². The highest BCUT2D eigenvalue weighted by atomic mass is 16.4. The van der Waals surface area contributed by atoms with Gasteiger partial charge in [-0.15, -0.1) is 0 Å². The van der Waals surface area contributed by atoms with Gasteiger partial charge in [-0.2, -0.15) is 0 Å².